The van der Waals surface area contributed by atoms with E-state index in [1.165, 1.54) is 28.4 Å². The number of ether oxygens (including phenoxy) is 1. The molecule has 1 aromatic heterocycles. The van der Waals surface area contributed by atoms with E-state index in [4.69, 9.17) is 10.5 Å². The molecule has 0 unspecified atom stereocenters. The molecular formula is C10H18N4O3S. The van der Waals surface area contributed by atoms with Crippen molar-refractivity contribution in [3.8, 4) is 0 Å². The van der Waals surface area contributed by atoms with Crippen molar-refractivity contribution < 1.29 is 13.2 Å². The maximum atomic E-state index is 12.4. The maximum absolute atomic E-state index is 12.4. The third-order valence-corrected chi connectivity index (χ3v) is 4.20. The van der Waals surface area contributed by atoms with Gasteiger partial charge < -0.3 is 10.5 Å². The zero-order chi connectivity index (χ0) is 13.8. The Morgan fingerprint density at radius 3 is 2.78 bits per heavy atom. The Labute approximate surface area is 107 Å². The Hall–Kier alpha value is -1.38. The molecule has 18 heavy (non-hydrogen) atoms. The highest BCUT2D eigenvalue weighted by Gasteiger charge is 2.27. The number of methoxy groups -OCH3 is 1. The minimum Gasteiger partial charge on any atom is -0.383 e. The maximum Gasteiger partial charge on any atom is 0.248 e. The average molecular weight is 274 g/mol. The van der Waals surface area contributed by atoms with Crippen molar-refractivity contribution in [1.29, 1.82) is 0 Å². The monoisotopic (exact) mass is 274 g/mol. The summed E-state index contributed by atoms with van der Waals surface area (Å²) in [6, 6.07) is 0. The van der Waals surface area contributed by atoms with Crippen LogP contribution in [-0.2, 0) is 21.8 Å². The van der Waals surface area contributed by atoms with Gasteiger partial charge in [0.05, 0.1) is 6.61 Å². The molecular weight excluding hydrogens is 256 g/mol. The molecule has 0 spiro atoms. The SMILES string of the molecule is C=CCN(CCOC)S(=O)(=O)c1cn(C)nc1N. The van der Waals surface area contributed by atoms with E-state index in [0.29, 0.717) is 6.61 Å². The highest BCUT2D eigenvalue weighted by Crippen LogP contribution is 2.20. The van der Waals surface area contributed by atoms with Crippen LogP contribution in [0.4, 0.5) is 5.82 Å². The molecule has 1 heterocycles. The lowest BCUT2D eigenvalue weighted by Gasteiger charge is -2.19. The fraction of sp³-hybridized carbons (Fsp3) is 0.500. The van der Waals surface area contributed by atoms with Gasteiger partial charge in [0.15, 0.2) is 5.82 Å². The van der Waals surface area contributed by atoms with Crippen LogP contribution in [-0.4, -0.2) is 49.3 Å². The summed E-state index contributed by atoms with van der Waals surface area (Å²) in [7, 11) is -0.547. The fourth-order valence-corrected chi connectivity index (χ4v) is 2.95. The molecule has 0 aromatic carbocycles. The molecule has 2 N–H and O–H groups in total. The van der Waals surface area contributed by atoms with Crippen molar-refractivity contribution in [2.75, 3.05) is 32.5 Å². The Balaban J connectivity index is 3.08. The minimum absolute atomic E-state index is 0.00273. The summed E-state index contributed by atoms with van der Waals surface area (Å²) in [6.45, 7) is 4.27. The van der Waals surface area contributed by atoms with Crippen molar-refractivity contribution in [1.82, 2.24) is 14.1 Å². The van der Waals surface area contributed by atoms with E-state index in [9.17, 15) is 8.42 Å². The summed E-state index contributed by atoms with van der Waals surface area (Å²) in [5, 5.41) is 3.83. The van der Waals surface area contributed by atoms with E-state index in [1.807, 2.05) is 0 Å². The molecule has 0 saturated heterocycles. The first kappa shape index (κ1) is 14.7. The van der Waals surface area contributed by atoms with Crippen LogP contribution in [0.1, 0.15) is 0 Å². The quantitative estimate of drug-likeness (QED) is 0.697. The minimum atomic E-state index is -3.67. The summed E-state index contributed by atoms with van der Waals surface area (Å²) >= 11 is 0. The largest absolute Gasteiger partial charge is 0.383 e. The zero-order valence-corrected chi connectivity index (χ0v) is 11.4. The fourth-order valence-electron chi connectivity index (χ4n) is 1.47. The Morgan fingerprint density at radius 2 is 2.33 bits per heavy atom. The van der Waals surface area contributed by atoms with Gasteiger partial charge in [0.2, 0.25) is 10.0 Å². The van der Waals surface area contributed by atoms with Gasteiger partial charge in [0.25, 0.3) is 0 Å². The number of aromatic nitrogens is 2. The smallest absolute Gasteiger partial charge is 0.248 e. The summed E-state index contributed by atoms with van der Waals surface area (Å²) in [5.41, 5.74) is 5.60. The first-order valence-electron chi connectivity index (χ1n) is 5.32. The Kier molecular flexibility index (Phi) is 4.88. The van der Waals surface area contributed by atoms with E-state index in [-0.39, 0.29) is 23.8 Å². The van der Waals surface area contributed by atoms with Crippen molar-refractivity contribution in [3.05, 3.63) is 18.9 Å². The topological polar surface area (TPSA) is 90.5 Å². The standard InChI is InChI=1S/C10H18N4O3S/c1-4-5-14(6-7-17-3)18(15,16)9-8-13(2)12-10(9)11/h4,8H,1,5-7H2,2-3H3,(H2,11,12). The van der Waals surface area contributed by atoms with Gasteiger partial charge in [-0.3, -0.25) is 4.68 Å². The number of rotatable bonds is 7. The van der Waals surface area contributed by atoms with Crippen LogP contribution in [0.15, 0.2) is 23.7 Å². The van der Waals surface area contributed by atoms with Crippen molar-refractivity contribution >= 4 is 15.8 Å². The summed E-state index contributed by atoms with van der Waals surface area (Å²) < 4.78 is 32.2. The van der Waals surface area contributed by atoms with Gasteiger partial charge in [-0.25, -0.2) is 8.42 Å². The van der Waals surface area contributed by atoms with Gasteiger partial charge in [0, 0.05) is 33.4 Å². The molecule has 0 saturated carbocycles. The molecule has 0 fully saturated rings. The van der Waals surface area contributed by atoms with E-state index in [1.54, 1.807) is 7.05 Å². The van der Waals surface area contributed by atoms with Crippen LogP contribution < -0.4 is 5.73 Å². The van der Waals surface area contributed by atoms with Crippen LogP contribution in [0.5, 0.6) is 0 Å². The lowest BCUT2D eigenvalue weighted by Crippen LogP contribution is -2.34. The number of nitrogens with zero attached hydrogens (tertiary/aromatic N) is 3. The van der Waals surface area contributed by atoms with E-state index in [0.717, 1.165) is 0 Å². The van der Waals surface area contributed by atoms with Gasteiger partial charge in [-0.2, -0.15) is 9.40 Å². The molecule has 102 valence electrons. The van der Waals surface area contributed by atoms with Gasteiger partial charge in [-0.15, -0.1) is 6.58 Å². The summed E-state index contributed by atoms with van der Waals surface area (Å²) in [5.74, 6) is -0.0102. The molecule has 0 atom stereocenters. The van der Waals surface area contributed by atoms with Gasteiger partial charge in [-0.1, -0.05) is 6.08 Å². The van der Waals surface area contributed by atoms with Crippen LogP contribution >= 0.6 is 0 Å². The van der Waals surface area contributed by atoms with Crippen molar-refractivity contribution in [2.45, 2.75) is 4.90 Å². The Bertz CT molecular complexity index is 509. The average Bonchev–Trinajstić information content (AvgIpc) is 2.64. The second kappa shape index (κ2) is 5.98. The van der Waals surface area contributed by atoms with Gasteiger partial charge in [-0.05, 0) is 0 Å². The highest BCUT2D eigenvalue weighted by atomic mass is 32.2. The predicted molar refractivity (Wildman–Crippen MR) is 68.5 cm³/mol. The van der Waals surface area contributed by atoms with Crippen LogP contribution in [0, 0.1) is 0 Å². The zero-order valence-electron chi connectivity index (χ0n) is 10.5. The first-order valence-corrected chi connectivity index (χ1v) is 6.76. The van der Waals surface area contributed by atoms with Crippen molar-refractivity contribution in [3.63, 3.8) is 0 Å². The second-order valence-electron chi connectivity index (χ2n) is 3.70. The molecule has 1 rings (SSSR count). The highest BCUT2D eigenvalue weighted by molar-refractivity contribution is 7.89. The molecule has 8 heteroatoms. The molecule has 1 aromatic rings. The molecule has 0 aliphatic carbocycles. The molecule has 0 amide bonds. The molecule has 0 bridgehead atoms. The van der Waals surface area contributed by atoms with Crippen LogP contribution in [0.3, 0.4) is 0 Å². The van der Waals surface area contributed by atoms with Gasteiger partial charge in [0.1, 0.15) is 4.90 Å². The predicted octanol–water partition coefficient (Wildman–Crippen LogP) is -0.175. The van der Waals surface area contributed by atoms with Crippen LogP contribution in [0.25, 0.3) is 0 Å². The summed E-state index contributed by atoms with van der Waals surface area (Å²) in [6.07, 6.45) is 2.90. The first-order chi connectivity index (χ1) is 8.43. The lowest BCUT2D eigenvalue weighted by molar-refractivity contribution is 0.182. The molecule has 0 aliphatic rings. The third kappa shape index (κ3) is 3.09. The van der Waals surface area contributed by atoms with Gasteiger partial charge >= 0.3 is 0 Å². The summed E-state index contributed by atoms with van der Waals surface area (Å²) in [4.78, 5) is 0.00273. The van der Waals surface area contributed by atoms with Crippen LogP contribution in [0.2, 0.25) is 0 Å². The van der Waals surface area contributed by atoms with Crippen molar-refractivity contribution in [2.24, 2.45) is 7.05 Å². The number of sulfonamides is 1. The van der Waals surface area contributed by atoms with E-state index < -0.39 is 10.0 Å². The Morgan fingerprint density at radius 1 is 1.67 bits per heavy atom. The second-order valence-corrected chi connectivity index (χ2v) is 5.60. The molecule has 0 radical (unpaired) electrons. The number of aryl methyl sites for hydroxylation is 1. The number of nitrogen functional groups attached to an aromatic ring is 1. The number of nitrogens with two attached hydrogens (primary N) is 1. The molecule has 0 aliphatic heterocycles. The number of hydrogen-bond acceptors (Lipinski definition) is 5. The lowest BCUT2D eigenvalue weighted by atomic mass is 10.6. The number of hydrogen-bond donors (Lipinski definition) is 1. The number of anilines is 1. The third-order valence-electron chi connectivity index (χ3n) is 2.32. The van der Waals surface area contributed by atoms with E-state index in [2.05, 4.69) is 11.7 Å². The molecule has 7 nitrogen and oxygen atoms in total. The normalized spacial score (nSPS) is 11.9. The van der Waals surface area contributed by atoms with E-state index >= 15 is 0 Å².